The quantitative estimate of drug-likeness (QED) is 0.646. The summed E-state index contributed by atoms with van der Waals surface area (Å²) in [5.41, 5.74) is 0. The highest BCUT2D eigenvalue weighted by molar-refractivity contribution is 5.71. The first-order valence-corrected chi connectivity index (χ1v) is 4.67. The Morgan fingerprint density at radius 1 is 1.42 bits per heavy atom. The van der Waals surface area contributed by atoms with Gasteiger partial charge in [-0.25, -0.2) is 0 Å². The largest absolute Gasteiger partial charge is 0.461 e. The third-order valence-electron chi connectivity index (χ3n) is 2.17. The number of nitrogens with one attached hydrogen (secondary N) is 1. The number of carbonyl (C=O) groups is 1. The van der Waals surface area contributed by atoms with Gasteiger partial charge in [0.05, 0.1) is 6.54 Å². The summed E-state index contributed by atoms with van der Waals surface area (Å²) >= 11 is 0. The normalized spacial score (nSPS) is 19.1. The molecule has 1 N–H and O–H groups in total. The maximum absolute atomic E-state index is 11.0. The van der Waals surface area contributed by atoms with Crippen molar-refractivity contribution in [2.24, 2.45) is 0 Å². The summed E-state index contributed by atoms with van der Waals surface area (Å²) < 4.78 is 5.23. The summed E-state index contributed by atoms with van der Waals surface area (Å²) in [4.78, 5) is 11.0. The lowest BCUT2D eigenvalue weighted by molar-refractivity contribution is -0.149. The van der Waals surface area contributed by atoms with Crippen LogP contribution >= 0.6 is 0 Å². The van der Waals surface area contributed by atoms with Crippen molar-refractivity contribution < 1.29 is 9.53 Å². The predicted molar refractivity (Wildman–Crippen MR) is 46.9 cm³/mol. The van der Waals surface area contributed by atoms with Crippen molar-refractivity contribution in [3.8, 4) is 0 Å². The molecular formula is C9H17NO2. The Hall–Kier alpha value is -0.570. The second-order valence-electron chi connectivity index (χ2n) is 3.28. The minimum absolute atomic E-state index is 0.121. The third-order valence-corrected chi connectivity index (χ3v) is 2.17. The lowest BCUT2D eigenvalue weighted by atomic mass is 9.98. The number of rotatable bonds is 3. The molecule has 1 saturated carbocycles. The molecule has 3 heteroatoms. The standard InChI is InChI=1S/C9H17NO2/c1-10-7-9(11)12-8-5-3-2-4-6-8/h8,10H,2-7H2,1H3. The summed E-state index contributed by atoms with van der Waals surface area (Å²) in [7, 11) is 1.75. The number of hydrogen-bond donors (Lipinski definition) is 1. The Bertz CT molecular complexity index is 141. The second-order valence-corrected chi connectivity index (χ2v) is 3.28. The monoisotopic (exact) mass is 171 g/mol. The van der Waals surface area contributed by atoms with Gasteiger partial charge in [0.25, 0.3) is 0 Å². The minimum Gasteiger partial charge on any atom is -0.461 e. The average Bonchev–Trinajstić information content (AvgIpc) is 2.06. The van der Waals surface area contributed by atoms with E-state index >= 15 is 0 Å². The van der Waals surface area contributed by atoms with Crippen LogP contribution in [0.15, 0.2) is 0 Å². The van der Waals surface area contributed by atoms with Crippen molar-refractivity contribution >= 4 is 5.97 Å². The Kier molecular flexibility index (Phi) is 4.08. The van der Waals surface area contributed by atoms with Crippen molar-refractivity contribution in [2.75, 3.05) is 13.6 Å². The number of ether oxygens (including phenoxy) is 1. The lowest BCUT2D eigenvalue weighted by Gasteiger charge is -2.21. The smallest absolute Gasteiger partial charge is 0.320 e. The van der Waals surface area contributed by atoms with Crippen LogP contribution in [0.25, 0.3) is 0 Å². The van der Waals surface area contributed by atoms with E-state index in [-0.39, 0.29) is 12.1 Å². The molecule has 70 valence electrons. The van der Waals surface area contributed by atoms with E-state index in [9.17, 15) is 4.79 Å². The van der Waals surface area contributed by atoms with Crippen LogP contribution in [0.4, 0.5) is 0 Å². The third kappa shape index (κ3) is 3.22. The molecule has 0 unspecified atom stereocenters. The zero-order valence-electron chi connectivity index (χ0n) is 7.64. The van der Waals surface area contributed by atoms with Crippen molar-refractivity contribution in [2.45, 2.75) is 38.2 Å². The first-order chi connectivity index (χ1) is 5.83. The van der Waals surface area contributed by atoms with Crippen LogP contribution in [0, 0.1) is 0 Å². The van der Waals surface area contributed by atoms with Crippen molar-refractivity contribution in [3.05, 3.63) is 0 Å². The van der Waals surface area contributed by atoms with Gasteiger partial charge in [0.1, 0.15) is 6.10 Å². The lowest BCUT2D eigenvalue weighted by Crippen LogP contribution is -2.27. The van der Waals surface area contributed by atoms with E-state index in [1.54, 1.807) is 7.05 Å². The summed E-state index contributed by atoms with van der Waals surface area (Å²) in [5.74, 6) is -0.121. The molecule has 3 nitrogen and oxygen atoms in total. The van der Waals surface area contributed by atoms with E-state index in [1.165, 1.54) is 19.3 Å². The SMILES string of the molecule is CNCC(=O)OC1CCCCC1. The molecule has 1 aliphatic rings. The molecule has 0 aromatic heterocycles. The molecular weight excluding hydrogens is 154 g/mol. The van der Waals surface area contributed by atoms with Crippen LogP contribution in [0.3, 0.4) is 0 Å². The molecule has 0 heterocycles. The maximum atomic E-state index is 11.0. The first-order valence-electron chi connectivity index (χ1n) is 4.67. The molecule has 0 aliphatic heterocycles. The number of likely N-dealkylation sites (N-methyl/N-ethyl adjacent to an activating group) is 1. The molecule has 0 bridgehead atoms. The molecule has 0 spiro atoms. The topological polar surface area (TPSA) is 38.3 Å². The van der Waals surface area contributed by atoms with Crippen LogP contribution in [-0.4, -0.2) is 25.7 Å². The summed E-state index contributed by atoms with van der Waals surface area (Å²) in [5, 5.41) is 2.78. The Labute approximate surface area is 73.5 Å². The highest BCUT2D eigenvalue weighted by Crippen LogP contribution is 2.20. The van der Waals surface area contributed by atoms with E-state index < -0.39 is 0 Å². The Morgan fingerprint density at radius 2 is 2.08 bits per heavy atom. The average molecular weight is 171 g/mol. The molecule has 12 heavy (non-hydrogen) atoms. The molecule has 0 radical (unpaired) electrons. The van der Waals surface area contributed by atoms with Crippen LogP contribution in [0.5, 0.6) is 0 Å². The van der Waals surface area contributed by atoms with Gasteiger partial charge >= 0.3 is 5.97 Å². The molecule has 0 aromatic rings. The molecule has 0 aromatic carbocycles. The molecule has 0 saturated heterocycles. The van der Waals surface area contributed by atoms with Crippen molar-refractivity contribution in [1.82, 2.24) is 5.32 Å². The zero-order valence-corrected chi connectivity index (χ0v) is 7.64. The molecule has 1 fully saturated rings. The fourth-order valence-electron chi connectivity index (χ4n) is 1.55. The molecule has 0 atom stereocenters. The van der Waals surface area contributed by atoms with Gasteiger partial charge in [-0.2, -0.15) is 0 Å². The number of esters is 1. The summed E-state index contributed by atoms with van der Waals surface area (Å²) in [6.45, 7) is 0.330. The second kappa shape index (κ2) is 5.14. The fraction of sp³-hybridized carbons (Fsp3) is 0.889. The van der Waals surface area contributed by atoms with Crippen LogP contribution in [-0.2, 0) is 9.53 Å². The Morgan fingerprint density at radius 3 is 2.67 bits per heavy atom. The van der Waals surface area contributed by atoms with Gasteiger partial charge in [-0.1, -0.05) is 6.42 Å². The van der Waals surface area contributed by atoms with Gasteiger partial charge in [0.2, 0.25) is 0 Å². The van der Waals surface area contributed by atoms with Gasteiger partial charge in [-0.15, -0.1) is 0 Å². The van der Waals surface area contributed by atoms with Crippen LogP contribution < -0.4 is 5.32 Å². The zero-order chi connectivity index (χ0) is 8.81. The maximum Gasteiger partial charge on any atom is 0.320 e. The van der Waals surface area contributed by atoms with Gasteiger partial charge in [-0.05, 0) is 32.7 Å². The highest BCUT2D eigenvalue weighted by atomic mass is 16.5. The summed E-state index contributed by atoms with van der Waals surface area (Å²) in [6.07, 6.45) is 6.00. The molecule has 1 aliphatic carbocycles. The van der Waals surface area contributed by atoms with Gasteiger partial charge in [0, 0.05) is 0 Å². The van der Waals surface area contributed by atoms with Gasteiger partial charge < -0.3 is 10.1 Å². The van der Waals surface area contributed by atoms with Gasteiger partial charge in [0.15, 0.2) is 0 Å². The predicted octanol–water partition coefficient (Wildman–Crippen LogP) is 1.08. The summed E-state index contributed by atoms with van der Waals surface area (Å²) in [6, 6.07) is 0. The number of hydrogen-bond acceptors (Lipinski definition) is 3. The number of carbonyl (C=O) groups excluding carboxylic acids is 1. The minimum atomic E-state index is -0.121. The van der Waals surface area contributed by atoms with Crippen LogP contribution in [0.2, 0.25) is 0 Å². The molecule has 0 amide bonds. The van der Waals surface area contributed by atoms with E-state index in [2.05, 4.69) is 5.32 Å². The van der Waals surface area contributed by atoms with E-state index in [0.29, 0.717) is 6.54 Å². The van der Waals surface area contributed by atoms with Crippen molar-refractivity contribution in [3.63, 3.8) is 0 Å². The van der Waals surface area contributed by atoms with Crippen molar-refractivity contribution in [1.29, 1.82) is 0 Å². The highest BCUT2D eigenvalue weighted by Gasteiger charge is 2.16. The van der Waals surface area contributed by atoms with E-state index in [0.717, 1.165) is 12.8 Å². The van der Waals surface area contributed by atoms with E-state index in [4.69, 9.17) is 4.74 Å². The Balaban J connectivity index is 2.15. The molecule has 1 rings (SSSR count). The fourth-order valence-corrected chi connectivity index (χ4v) is 1.55. The first kappa shape index (κ1) is 9.52. The van der Waals surface area contributed by atoms with E-state index in [1.807, 2.05) is 0 Å². The van der Waals surface area contributed by atoms with Crippen LogP contribution in [0.1, 0.15) is 32.1 Å². The van der Waals surface area contributed by atoms with Gasteiger partial charge in [-0.3, -0.25) is 4.79 Å².